The van der Waals surface area contributed by atoms with E-state index in [9.17, 15) is 4.39 Å². The highest BCUT2D eigenvalue weighted by molar-refractivity contribution is 5.63. The molecule has 3 rings (SSSR count). The van der Waals surface area contributed by atoms with E-state index in [1.165, 1.54) is 12.1 Å². The fourth-order valence-corrected chi connectivity index (χ4v) is 2.87. The highest BCUT2D eigenvalue weighted by atomic mass is 19.1. The minimum atomic E-state index is -0.244. The van der Waals surface area contributed by atoms with Crippen LogP contribution in [0.25, 0.3) is 17.3 Å². The molecule has 6 heteroatoms. The van der Waals surface area contributed by atoms with Crippen molar-refractivity contribution >= 4 is 12.8 Å². The molecular formula is C22H23FN4O. The third-order valence-corrected chi connectivity index (χ3v) is 4.33. The lowest BCUT2D eigenvalue weighted by molar-refractivity contribution is 0.328. The number of hydrogen-bond donors (Lipinski definition) is 1. The molecule has 1 atom stereocenters. The molecule has 2 aromatic carbocycles. The lowest BCUT2D eigenvalue weighted by Crippen LogP contribution is -2.10. The van der Waals surface area contributed by atoms with Gasteiger partial charge in [-0.25, -0.2) is 14.1 Å². The maximum absolute atomic E-state index is 13.4. The molecule has 28 heavy (non-hydrogen) atoms. The summed E-state index contributed by atoms with van der Waals surface area (Å²) in [5, 5.41) is 4.10. The molecule has 1 heterocycles. The minimum absolute atomic E-state index is 0.0297. The summed E-state index contributed by atoms with van der Waals surface area (Å²) in [6.07, 6.45) is 5.56. The van der Waals surface area contributed by atoms with E-state index in [2.05, 4.69) is 16.8 Å². The highest BCUT2D eigenvalue weighted by Gasteiger charge is 2.11. The van der Waals surface area contributed by atoms with Crippen molar-refractivity contribution < 1.29 is 9.13 Å². The van der Waals surface area contributed by atoms with Crippen molar-refractivity contribution in [3.63, 3.8) is 0 Å². The van der Waals surface area contributed by atoms with Crippen LogP contribution >= 0.6 is 0 Å². The highest BCUT2D eigenvalue weighted by Crippen LogP contribution is 2.26. The largest absolute Gasteiger partial charge is 0.492 e. The second kappa shape index (κ2) is 9.10. The monoisotopic (exact) mass is 378 g/mol. The fraction of sp³-hybridized carbons (Fsp3) is 0.182. The Balaban J connectivity index is 1.85. The number of benzene rings is 2. The molecule has 0 radical (unpaired) electrons. The van der Waals surface area contributed by atoms with Gasteiger partial charge in [0, 0.05) is 18.8 Å². The van der Waals surface area contributed by atoms with Gasteiger partial charge in [-0.3, -0.25) is 0 Å². The van der Waals surface area contributed by atoms with Crippen LogP contribution in [0, 0.1) is 5.82 Å². The molecule has 1 aromatic heterocycles. The number of allylic oxidation sites excluding steroid dienone is 1. The number of imidazole rings is 1. The fourth-order valence-electron chi connectivity index (χ4n) is 2.87. The quantitative estimate of drug-likeness (QED) is 0.594. The lowest BCUT2D eigenvalue weighted by atomic mass is 10.0. The van der Waals surface area contributed by atoms with Crippen LogP contribution in [0.3, 0.4) is 0 Å². The summed E-state index contributed by atoms with van der Waals surface area (Å²) in [6.45, 7) is 6.57. The van der Waals surface area contributed by atoms with E-state index in [1.54, 1.807) is 16.9 Å². The Bertz CT molecular complexity index is 980. The van der Waals surface area contributed by atoms with Crippen molar-refractivity contribution in [1.82, 2.24) is 9.66 Å². The summed E-state index contributed by atoms with van der Waals surface area (Å²) in [6, 6.07) is 14.2. The lowest BCUT2D eigenvalue weighted by Gasteiger charge is -2.08. The predicted molar refractivity (Wildman–Crippen MR) is 111 cm³/mol. The molecule has 0 aliphatic heterocycles. The Morgan fingerprint density at radius 2 is 2.11 bits per heavy atom. The second-order valence-electron chi connectivity index (χ2n) is 6.32. The first-order valence-electron chi connectivity index (χ1n) is 9.04. The number of nitrogens with two attached hydrogens (primary N) is 1. The van der Waals surface area contributed by atoms with Crippen molar-refractivity contribution in [2.45, 2.75) is 12.8 Å². The molecular weight excluding hydrogens is 355 g/mol. The zero-order valence-electron chi connectivity index (χ0n) is 15.8. The number of ether oxygens (including phenoxy) is 1. The Morgan fingerprint density at radius 1 is 1.29 bits per heavy atom. The van der Waals surface area contributed by atoms with Gasteiger partial charge < -0.3 is 10.5 Å². The Morgan fingerprint density at radius 3 is 2.86 bits per heavy atom. The van der Waals surface area contributed by atoms with Gasteiger partial charge in [-0.1, -0.05) is 37.3 Å². The van der Waals surface area contributed by atoms with E-state index >= 15 is 0 Å². The van der Waals surface area contributed by atoms with Gasteiger partial charge >= 0.3 is 0 Å². The van der Waals surface area contributed by atoms with Gasteiger partial charge in [0.2, 0.25) is 0 Å². The Kier molecular flexibility index (Phi) is 6.34. The van der Waals surface area contributed by atoms with E-state index < -0.39 is 0 Å². The van der Waals surface area contributed by atoms with E-state index in [0.717, 1.165) is 22.6 Å². The summed E-state index contributed by atoms with van der Waals surface area (Å²) in [5.74, 6) is 1.16. The number of aromatic nitrogens is 2. The van der Waals surface area contributed by atoms with Crippen LogP contribution in [0.4, 0.5) is 4.39 Å². The van der Waals surface area contributed by atoms with Gasteiger partial charge in [0.05, 0.1) is 11.9 Å². The molecule has 5 nitrogen and oxygen atoms in total. The third-order valence-electron chi connectivity index (χ3n) is 4.33. The van der Waals surface area contributed by atoms with Gasteiger partial charge in [-0.15, -0.1) is 0 Å². The average molecular weight is 378 g/mol. The number of rotatable bonds is 8. The maximum atomic E-state index is 13.4. The molecule has 0 amide bonds. The molecule has 1 unspecified atom stereocenters. The first-order valence-corrected chi connectivity index (χ1v) is 9.04. The molecule has 2 N–H and O–H groups in total. The first-order chi connectivity index (χ1) is 13.6. The van der Waals surface area contributed by atoms with Crippen LogP contribution in [-0.2, 0) is 0 Å². The van der Waals surface area contributed by atoms with Gasteiger partial charge in [0.1, 0.15) is 18.2 Å². The van der Waals surface area contributed by atoms with Crippen LogP contribution in [0.15, 0.2) is 65.9 Å². The van der Waals surface area contributed by atoms with Gasteiger partial charge in [0.25, 0.3) is 0 Å². The number of hydrogen-bond acceptors (Lipinski definition) is 4. The molecule has 0 saturated carbocycles. The summed E-state index contributed by atoms with van der Waals surface area (Å²) >= 11 is 0. The molecule has 0 aliphatic rings. The number of nitrogens with zero attached hydrogens (tertiary/aromatic N) is 3. The molecule has 0 bridgehead atoms. The summed E-state index contributed by atoms with van der Waals surface area (Å²) in [5.41, 5.74) is 8.09. The van der Waals surface area contributed by atoms with Crippen LogP contribution in [-0.4, -0.2) is 29.5 Å². The Labute approximate surface area is 164 Å². The van der Waals surface area contributed by atoms with Gasteiger partial charge in [-0.2, -0.15) is 5.10 Å². The molecule has 144 valence electrons. The topological polar surface area (TPSA) is 65.4 Å². The van der Waals surface area contributed by atoms with Crippen molar-refractivity contribution in [2.75, 3.05) is 13.2 Å². The normalized spacial score (nSPS) is 12.2. The first kappa shape index (κ1) is 19.5. The van der Waals surface area contributed by atoms with Crippen molar-refractivity contribution in [1.29, 1.82) is 0 Å². The summed E-state index contributed by atoms with van der Waals surface area (Å²) in [4.78, 5) is 4.45. The standard InChI is InChI=1S/C22H23FN4O/c1-16(17-5-3-7-19(23)13-17)9-10-22-26-15-21(27(22)25-2)18-6-4-8-20(14-18)28-12-11-24/h3-10,13-16H,2,11-12,24H2,1H3/b10-9-. The summed E-state index contributed by atoms with van der Waals surface area (Å²) in [7, 11) is 0. The van der Waals surface area contributed by atoms with Crippen LogP contribution in [0.1, 0.15) is 24.2 Å². The van der Waals surface area contributed by atoms with Crippen molar-refractivity contribution in [3.8, 4) is 17.0 Å². The van der Waals surface area contributed by atoms with Crippen LogP contribution < -0.4 is 10.5 Å². The van der Waals surface area contributed by atoms with Crippen molar-refractivity contribution in [2.24, 2.45) is 10.8 Å². The minimum Gasteiger partial charge on any atom is -0.492 e. The molecule has 0 saturated heterocycles. The van der Waals surface area contributed by atoms with Crippen LogP contribution in [0.2, 0.25) is 0 Å². The predicted octanol–water partition coefficient (Wildman–Crippen LogP) is 4.31. The second-order valence-corrected chi connectivity index (χ2v) is 6.32. The van der Waals surface area contributed by atoms with Gasteiger partial charge in [-0.05, 0) is 41.8 Å². The van der Waals surface area contributed by atoms with E-state index in [-0.39, 0.29) is 11.7 Å². The zero-order valence-corrected chi connectivity index (χ0v) is 15.8. The zero-order chi connectivity index (χ0) is 19.9. The van der Waals surface area contributed by atoms with E-state index in [0.29, 0.717) is 19.0 Å². The third kappa shape index (κ3) is 4.53. The molecule has 3 aromatic rings. The molecule has 0 fully saturated rings. The summed E-state index contributed by atoms with van der Waals surface area (Å²) < 4.78 is 20.7. The van der Waals surface area contributed by atoms with E-state index in [1.807, 2.05) is 49.4 Å². The molecule has 0 spiro atoms. The van der Waals surface area contributed by atoms with Crippen molar-refractivity contribution in [3.05, 3.63) is 78.0 Å². The number of halogens is 1. The smallest absolute Gasteiger partial charge is 0.153 e. The molecule has 0 aliphatic carbocycles. The average Bonchev–Trinajstić information content (AvgIpc) is 3.13. The van der Waals surface area contributed by atoms with Gasteiger partial charge in [0.15, 0.2) is 5.82 Å². The van der Waals surface area contributed by atoms with Crippen LogP contribution in [0.5, 0.6) is 5.75 Å². The Hall–Kier alpha value is -3.25. The van der Waals surface area contributed by atoms with E-state index in [4.69, 9.17) is 10.5 Å². The SMILES string of the molecule is C=Nn1c(-c2cccc(OCCN)c2)cnc1/C=C\C(C)c1cccc(F)c1. The maximum Gasteiger partial charge on any atom is 0.153 e.